The number of aliphatic carboxylic acids is 1. The van der Waals surface area contributed by atoms with Crippen LogP contribution in [0.15, 0.2) is 24.3 Å². The number of carbonyl (C=O) groups excluding carboxylic acids is 1. The highest BCUT2D eigenvalue weighted by molar-refractivity contribution is 5.98. The molecule has 6 nitrogen and oxygen atoms in total. The number of rotatable bonds is 3. The van der Waals surface area contributed by atoms with Gasteiger partial charge in [-0.25, -0.2) is 4.79 Å². The van der Waals surface area contributed by atoms with E-state index in [-0.39, 0.29) is 18.6 Å². The van der Waals surface area contributed by atoms with E-state index >= 15 is 0 Å². The molecule has 21 heavy (non-hydrogen) atoms. The van der Waals surface area contributed by atoms with Crippen molar-refractivity contribution in [1.29, 1.82) is 0 Å². The van der Waals surface area contributed by atoms with Crippen LogP contribution in [0, 0.1) is 0 Å². The van der Waals surface area contributed by atoms with Crippen LogP contribution in [0.2, 0.25) is 0 Å². The average Bonchev–Trinajstić information content (AvgIpc) is 3.29. The molecule has 1 fully saturated rings. The van der Waals surface area contributed by atoms with Crippen LogP contribution in [0.25, 0.3) is 0 Å². The fourth-order valence-corrected chi connectivity index (χ4v) is 2.74. The van der Waals surface area contributed by atoms with E-state index in [0.29, 0.717) is 6.54 Å². The number of likely N-dealkylation sites (N-methyl/N-ethyl adjacent to an activating group) is 1. The minimum absolute atomic E-state index is 0.0837. The lowest BCUT2D eigenvalue weighted by atomic mass is 10.2. The van der Waals surface area contributed by atoms with Gasteiger partial charge in [-0.3, -0.25) is 9.69 Å². The summed E-state index contributed by atoms with van der Waals surface area (Å²) in [6, 6.07) is 7.62. The van der Waals surface area contributed by atoms with E-state index in [1.807, 2.05) is 31.3 Å². The van der Waals surface area contributed by atoms with Gasteiger partial charge in [0.2, 0.25) is 0 Å². The van der Waals surface area contributed by atoms with Gasteiger partial charge >= 0.3 is 12.0 Å². The van der Waals surface area contributed by atoms with Crippen molar-refractivity contribution in [2.24, 2.45) is 0 Å². The van der Waals surface area contributed by atoms with Crippen molar-refractivity contribution in [3.63, 3.8) is 0 Å². The van der Waals surface area contributed by atoms with Gasteiger partial charge in [0.1, 0.15) is 6.54 Å². The zero-order valence-electron chi connectivity index (χ0n) is 12.0. The molecule has 1 saturated carbocycles. The van der Waals surface area contributed by atoms with Crippen molar-refractivity contribution in [1.82, 2.24) is 4.90 Å². The third kappa shape index (κ3) is 2.66. The molecule has 2 amide bonds. The van der Waals surface area contributed by atoms with Crippen LogP contribution in [-0.2, 0) is 4.79 Å². The minimum atomic E-state index is -0.960. The first-order valence-electron chi connectivity index (χ1n) is 7.18. The van der Waals surface area contributed by atoms with Gasteiger partial charge in [-0.1, -0.05) is 12.1 Å². The molecule has 3 rings (SSSR count). The number of hydrogen-bond acceptors (Lipinski definition) is 3. The number of nitrogens with zero attached hydrogens (tertiary/aromatic N) is 3. The van der Waals surface area contributed by atoms with Crippen LogP contribution in [0.4, 0.5) is 16.2 Å². The Kier molecular flexibility index (Phi) is 3.45. The second kappa shape index (κ2) is 5.27. The van der Waals surface area contributed by atoms with Gasteiger partial charge in [-0.15, -0.1) is 0 Å². The first-order chi connectivity index (χ1) is 10.1. The van der Waals surface area contributed by atoms with Crippen LogP contribution in [0.3, 0.4) is 0 Å². The number of urea groups is 1. The van der Waals surface area contributed by atoms with Gasteiger partial charge in [0.25, 0.3) is 0 Å². The van der Waals surface area contributed by atoms with Gasteiger partial charge < -0.3 is 14.9 Å². The standard InChI is InChI=1S/C15H19N3O3/c1-16-8-9-17(13-5-3-2-4-12(13)16)15(21)18(10-14(19)20)11-6-7-11/h2-5,11H,6-10H2,1H3,(H,19,20). The zero-order chi connectivity index (χ0) is 15.0. The van der Waals surface area contributed by atoms with E-state index in [9.17, 15) is 9.59 Å². The molecule has 1 aromatic carbocycles. The van der Waals surface area contributed by atoms with E-state index in [4.69, 9.17) is 5.11 Å². The van der Waals surface area contributed by atoms with E-state index < -0.39 is 5.97 Å². The molecule has 0 aromatic heterocycles. The molecular formula is C15H19N3O3. The summed E-state index contributed by atoms with van der Waals surface area (Å²) in [6.45, 7) is 1.10. The monoisotopic (exact) mass is 289 g/mol. The van der Waals surface area contributed by atoms with Crippen LogP contribution in [-0.4, -0.2) is 54.7 Å². The number of carboxylic acids is 1. The van der Waals surface area contributed by atoms with E-state index in [2.05, 4.69) is 4.90 Å². The maximum Gasteiger partial charge on any atom is 0.325 e. The summed E-state index contributed by atoms with van der Waals surface area (Å²) < 4.78 is 0. The number of anilines is 2. The van der Waals surface area contributed by atoms with E-state index in [1.165, 1.54) is 4.90 Å². The van der Waals surface area contributed by atoms with Gasteiger partial charge in [-0.05, 0) is 25.0 Å². The van der Waals surface area contributed by atoms with Crippen LogP contribution in [0.5, 0.6) is 0 Å². The Bertz CT molecular complexity index is 571. The fraction of sp³-hybridized carbons (Fsp3) is 0.467. The summed E-state index contributed by atoms with van der Waals surface area (Å²) in [6.07, 6.45) is 1.79. The lowest BCUT2D eigenvalue weighted by Gasteiger charge is -2.38. The predicted octanol–water partition coefficient (Wildman–Crippen LogP) is 1.61. The number of benzene rings is 1. The average molecular weight is 289 g/mol. The Morgan fingerprint density at radius 3 is 2.52 bits per heavy atom. The van der Waals surface area contributed by atoms with Gasteiger partial charge in [0, 0.05) is 26.2 Å². The quantitative estimate of drug-likeness (QED) is 0.918. The molecule has 2 aliphatic rings. The fourth-order valence-electron chi connectivity index (χ4n) is 2.74. The summed E-state index contributed by atoms with van der Waals surface area (Å²) in [5, 5.41) is 9.02. The van der Waals surface area contributed by atoms with Crippen LogP contribution in [0.1, 0.15) is 12.8 Å². The maximum absolute atomic E-state index is 12.8. The number of hydrogen-bond donors (Lipinski definition) is 1. The Labute approximate surface area is 123 Å². The van der Waals surface area contributed by atoms with Gasteiger partial charge in [0.15, 0.2) is 0 Å². The normalized spacial score (nSPS) is 17.4. The first-order valence-corrected chi connectivity index (χ1v) is 7.18. The summed E-state index contributed by atoms with van der Waals surface area (Å²) in [5.41, 5.74) is 1.86. The van der Waals surface area contributed by atoms with Crippen LogP contribution >= 0.6 is 0 Å². The third-order valence-corrected chi connectivity index (χ3v) is 4.01. The molecule has 6 heteroatoms. The Hall–Kier alpha value is -2.24. The van der Waals surface area contributed by atoms with Crippen molar-refractivity contribution in [2.45, 2.75) is 18.9 Å². The highest BCUT2D eigenvalue weighted by atomic mass is 16.4. The minimum Gasteiger partial charge on any atom is -0.480 e. The molecule has 1 heterocycles. The lowest BCUT2D eigenvalue weighted by molar-refractivity contribution is -0.137. The van der Waals surface area contributed by atoms with Gasteiger partial charge in [-0.2, -0.15) is 0 Å². The Morgan fingerprint density at radius 2 is 1.90 bits per heavy atom. The van der Waals surface area contributed by atoms with Crippen molar-refractivity contribution >= 4 is 23.4 Å². The summed E-state index contributed by atoms with van der Waals surface area (Å²) in [7, 11) is 2.00. The Morgan fingerprint density at radius 1 is 1.24 bits per heavy atom. The topological polar surface area (TPSA) is 64.1 Å². The van der Waals surface area contributed by atoms with Crippen molar-refractivity contribution in [3.05, 3.63) is 24.3 Å². The van der Waals surface area contributed by atoms with Crippen molar-refractivity contribution < 1.29 is 14.7 Å². The number of carboxylic acid groups (broad SMARTS) is 1. The molecule has 1 aliphatic carbocycles. The number of para-hydroxylation sites is 2. The molecule has 0 unspecified atom stereocenters. The van der Waals surface area contributed by atoms with Crippen molar-refractivity contribution in [2.75, 3.05) is 36.5 Å². The third-order valence-electron chi connectivity index (χ3n) is 4.01. The molecule has 0 atom stereocenters. The molecular weight excluding hydrogens is 270 g/mol. The molecule has 1 aromatic rings. The summed E-state index contributed by atoms with van der Waals surface area (Å²) >= 11 is 0. The Balaban J connectivity index is 1.87. The molecule has 112 valence electrons. The highest BCUT2D eigenvalue weighted by Crippen LogP contribution is 2.34. The second-order valence-electron chi connectivity index (χ2n) is 5.60. The molecule has 1 N–H and O–H groups in total. The number of amides is 2. The molecule has 0 saturated heterocycles. The molecule has 0 spiro atoms. The summed E-state index contributed by atoms with van der Waals surface area (Å²) in [5.74, 6) is -0.960. The maximum atomic E-state index is 12.8. The lowest BCUT2D eigenvalue weighted by Crippen LogP contribution is -2.51. The van der Waals surface area contributed by atoms with Gasteiger partial charge in [0.05, 0.1) is 11.4 Å². The SMILES string of the molecule is CN1CCN(C(=O)N(CC(=O)O)C2CC2)c2ccccc21. The first kappa shape index (κ1) is 13.7. The van der Waals surface area contributed by atoms with Crippen molar-refractivity contribution in [3.8, 4) is 0 Å². The second-order valence-corrected chi connectivity index (χ2v) is 5.60. The summed E-state index contributed by atoms with van der Waals surface area (Å²) in [4.78, 5) is 29.1. The highest BCUT2D eigenvalue weighted by Gasteiger charge is 2.37. The molecule has 0 radical (unpaired) electrons. The van der Waals surface area contributed by atoms with E-state index in [0.717, 1.165) is 30.8 Å². The largest absolute Gasteiger partial charge is 0.480 e. The number of fused-ring (bicyclic) bond motifs is 1. The zero-order valence-corrected chi connectivity index (χ0v) is 12.0. The number of carbonyl (C=O) groups is 2. The smallest absolute Gasteiger partial charge is 0.325 e. The predicted molar refractivity (Wildman–Crippen MR) is 79.8 cm³/mol. The molecule has 1 aliphatic heterocycles. The van der Waals surface area contributed by atoms with E-state index in [1.54, 1.807) is 4.90 Å². The molecule has 0 bridgehead atoms. The van der Waals surface area contributed by atoms with Crippen LogP contribution < -0.4 is 9.80 Å².